The average Bonchev–Trinajstić information content (AvgIpc) is 2.73. The molecule has 0 amide bonds. The molecular formula is C24H27NO2. The predicted molar refractivity (Wildman–Crippen MR) is 107 cm³/mol. The lowest BCUT2D eigenvalue weighted by atomic mass is 9.89. The Morgan fingerprint density at radius 3 is 2.41 bits per heavy atom. The lowest BCUT2D eigenvalue weighted by Gasteiger charge is -2.21. The van der Waals surface area contributed by atoms with E-state index >= 15 is 0 Å². The zero-order valence-electron chi connectivity index (χ0n) is 16.0. The van der Waals surface area contributed by atoms with Gasteiger partial charge in [-0.15, -0.1) is 0 Å². The van der Waals surface area contributed by atoms with Gasteiger partial charge in [0.1, 0.15) is 5.75 Å². The molecule has 0 saturated heterocycles. The Morgan fingerprint density at radius 2 is 1.74 bits per heavy atom. The van der Waals surface area contributed by atoms with Crippen molar-refractivity contribution in [2.75, 3.05) is 0 Å². The van der Waals surface area contributed by atoms with Crippen molar-refractivity contribution in [2.45, 2.75) is 58.3 Å². The quantitative estimate of drug-likeness (QED) is 0.512. The maximum atomic E-state index is 12.6. The van der Waals surface area contributed by atoms with Gasteiger partial charge in [0.25, 0.3) is 0 Å². The van der Waals surface area contributed by atoms with E-state index in [0.717, 1.165) is 56.3 Å². The van der Waals surface area contributed by atoms with Crippen LogP contribution >= 0.6 is 0 Å². The Morgan fingerprint density at radius 1 is 1.04 bits per heavy atom. The molecule has 0 aromatic heterocycles. The minimum atomic E-state index is -0.0671. The first-order chi connectivity index (χ1) is 13.2. The van der Waals surface area contributed by atoms with Crippen LogP contribution in [0.5, 0.6) is 5.75 Å². The van der Waals surface area contributed by atoms with Gasteiger partial charge in [-0.3, -0.25) is 4.79 Å². The molecular weight excluding hydrogens is 334 g/mol. The molecule has 0 radical (unpaired) electrons. The Labute approximate surface area is 162 Å². The number of hydrogen-bond acceptors (Lipinski definition) is 3. The standard InChI is InChI=1S/C24H27NO2/c1-2-18-12-14-21(15-13-19-8-10-20(17-25)11-9-19)23(16-18)27-24(26)22-6-4-3-5-7-22/h8-12,14,16,22H,2-7,13,15H2,1H3. The third kappa shape index (κ3) is 5.20. The van der Waals surface area contributed by atoms with Gasteiger partial charge in [0.15, 0.2) is 0 Å². The van der Waals surface area contributed by atoms with Crippen LogP contribution in [0.3, 0.4) is 0 Å². The van der Waals surface area contributed by atoms with E-state index in [0.29, 0.717) is 5.56 Å². The van der Waals surface area contributed by atoms with E-state index in [4.69, 9.17) is 10.00 Å². The number of esters is 1. The van der Waals surface area contributed by atoms with Crippen molar-refractivity contribution in [2.24, 2.45) is 5.92 Å². The second-order valence-corrected chi connectivity index (χ2v) is 7.36. The summed E-state index contributed by atoms with van der Waals surface area (Å²) in [5, 5.41) is 8.92. The van der Waals surface area contributed by atoms with Crippen LogP contribution < -0.4 is 4.74 Å². The molecule has 3 heteroatoms. The van der Waals surface area contributed by atoms with E-state index in [1.807, 2.05) is 30.3 Å². The highest BCUT2D eigenvalue weighted by molar-refractivity contribution is 5.75. The first-order valence-corrected chi connectivity index (χ1v) is 10.0. The molecule has 3 rings (SSSR count). The summed E-state index contributed by atoms with van der Waals surface area (Å²) in [6, 6.07) is 16.1. The van der Waals surface area contributed by atoms with Gasteiger partial charge in [-0.25, -0.2) is 0 Å². The molecule has 0 unspecified atom stereocenters. The summed E-state index contributed by atoms with van der Waals surface area (Å²) in [7, 11) is 0. The summed E-state index contributed by atoms with van der Waals surface area (Å²) < 4.78 is 5.87. The van der Waals surface area contributed by atoms with Crippen LogP contribution in [0.15, 0.2) is 42.5 Å². The molecule has 2 aromatic carbocycles. The zero-order chi connectivity index (χ0) is 19.1. The van der Waals surface area contributed by atoms with E-state index in [1.54, 1.807) is 0 Å². The van der Waals surface area contributed by atoms with Gasteiger partial charge in [0, 0.05) is 0 Å². The molecule has 0 atom stereocenters. The zero-order valence-corrected chi connectivity index (χ0v) is 16.0. The van der Waals surface area contributed by atoms with Crippen molar-refractivity contribution in [3.05, 3.63) is 64.7 Å². The number of benzene rings is 2. The minimum Gasteiger partial charge on any atom is -0.426 e. The van der Waals surface area contributed by atoms with Gasteiger partial charge in [-0.2, -0.15) is 5.26 Å². The van der Waals surface area contributed by atoms with E-state index in [1.165, 1.54) is 17.5 Å². The van der Waals surface area contributed by atoms with Crippen LogP contribution in [0.1, 0.15) is 61.3 Å². The third-order valence-electron chi connectivity index (χ3n) is 5.45. The second kappa shape index (κ2) is 9.37. The Kier molecular flexibility index (Phi) is 6.65. The van der Waals surface area contributed by atoms with Crippen molar-refractivity contribution < 1.29 is 9.53 Å². The molecule has 1 fully saturated rings. The second-order valence-electron chi connectivity index (χ2n) is 7.36. The highest BCUT2D eigenvalue weighted by atomic mass is 16.5. The van der Waals surface area contributed by atoms with Crippen LogP contribution in [-0.2, 0) is 24.1 Å². The molecule has 0 bridgehead atoms. The van der Waals surface area contributed by atoms with E-state index in [9.17, 15) is 4.79 Å². The lowest BCUT2D eigenvalue weighted by Crippen LogP contribution is -2.23. The van der Waals surface area contributed by atoms with Crippen molar-refractivity contribution in [3.63, 3.8) is 0 Å². The summed E-state index contributed by atoms with van der Waals surface area (Å²) in [4.78, 5) is 12.6. The van der Waals surface area contributed by atoms with Crippen LogP contribution in [0.4, 0.5) is 0 Å². The maximum absolute atomic E-state index is 12.6. The van der Waals surface area contributed by atoms with Crippen molar-refractivity contribution in [3.8, 4) is 11.8 Å². The number of nitriles is 1. The number of carbonyl (C=O) groups is 1. The van der Waals surface area contributed by atoms with E-state index in [2.05, 4.69) is 25.1 Å². The fourth-order valence-corrected chi connectivity index (χ4v) is 3.68. The molecule has 1 aliphatic carbocycles. The maximum Gasteiger partial charge on any atom is 0.314 e. The summed E-state index contributed by atoms with van der Waals surface area (Å²) in [5.74, 6) is 0.705. The summed E-state index contributed by atoms with van der Waals surface area (Å²) >= 11 is 0. The fraction of sp³-hybridized carbons (Fsp3) is 0.417. The molecule has 0 aliphatic heterocycles. The normalized spacial score (nSPS) is 14.5. The predicted octanol–water partition coefficient (Wildman–Crippen LogP) is 5.39. The fourth-order valence-electron chi connectivity index (χ4n) is 3.68. The average molecular weight is 361 g/mol. The van der Waals surface area contributed by atoms with E-state index < -0.39 is 0 Å². The van der Waals surface area contributed by atoms with Crippen molar-refractivity contribution in [1.29, 1.82) is 5.26 Å². The Balaban J connectivity index is 1.71. The number of rotatable bonds is 6. The Hall–Kier alpha value is -2.60. The van der Waals surface area contributed by atoms with Crippen molar-refractivity contribution >= 4 is 5.97 Å². The highest BCUT2D eigenvalue weighted by Gasteiger charge is 2.23. The first-order valence-electron chi connectivity index (χ1n) is 10.0. The molecule has 0 heterocycles. The molecule has 140 valence electrons. The van der Waals surface area contributed by atoms with Crippen LogP contribution in [0.25, 0.3) is 0 Å². The SMILES string of the molecule is CCc1ccc(CCc2ccc(C#N)cc2)c(OC(=O)C2CCCCC2)c1. The number of ether oxygens (including phenoxy) is 1. The topological polar surface area (TPSA) is 50.1 Å². The summed E-state index contributed by atoms with van der Waals surface area (Å²) in [6.45, 7) is 2.11. The number of nitrogens with zero attached hydrogens (tertiary/aromatic N) is 1. The van der Waals surface area contributed by atoms with Crippen LogP contribution in [-0.4, -0.2) is 5.97 Å². The van der Waals surface area contributed by atoms with Gasteiger partial charge in [-0.05, 0) is 67.0 Å². The van der Waals surface area contributed by atoms with E-state index in [-0.39, 0.29) is 11.9 Å². The number of aryl methyl sites for hydroxylation is 3. The van der Waals surface area contributed by atoms with Gasteiger partial charge in [-0.1, -0.05) is 50.5 Å². The van der Waals surface area contributed by atoms with Gasteiger partial charge in [0.2, 0.25) is 0 Å². The molecule has 1 aliphatic rings. The highest BCUT2D eigenvalue weighted by Crippen LogP contribution is 2.28. The molecule has 27 heavy (non-hydrogen) atoms. The first kappa shape index (κ1) is 19.2. The Bertz CT molecular complexity index is 811. The molecule has 0 spiro atoms. The van der Waals surface area contributed by atoms with Crippen molar-refractivity contribution in [1.82, 2.24) is 0 Å². The molecule has 0 N–H and O–H groups in total. The summed E-state index contributed by atoms with van der Waals surface area (Å²) in [6.07, 6.45) is 7.96. The monoisotopic (exact) mass is 361 g/mol. The lowest BCUT2D eigenvalue weighted by molar-refractivity contribution is -0.140. The molecule has 3 nitrogen and oxygen atoms in total. The number of hydrogen-bond donors (Lipinski definition) is 0. The minimum absolute atomic E-state index is 0.0513. The molecule has 2 aromatic rings. The van der Waals surface area contributed by atoms with Crippen LogP contribution in [0.2, 0.25) is 0 Å². The van der Waals surface area contributed by atoms with Crippen LogP contribution in [0, 0.1) is 17.2 Å². The van der Waals surface area contributed by atoms with Gasteiger partial charge >= 0.3 is 5.97 Å². The largest absolute Gasteiger partial charge is 0.426 e. The number of carbonyl (C=O) groups excluding carboxylic acids is 1. The smallest absolute Gasteiger partial charge is 0.314 e. The van der Waals surface area contributed by atoms with Gasteiger partial charge < -0.3 is 4.74 Å². The van der Waals surface area contributed by atoms with Gasteiger partial charge in [0.05, 0.1) is 17.6 Å². The summed E-state index contributed by atoms with van der Waals surface area (Å²) in [5.41, 5.74) is 4.11. The molecule has 1 saturated carbocycles. The third-order valence-corrected chi connectivity index (χ3v) is 5.45.